The Bertz CT molecular complexity index is 527. The molecule has 0 aliphatic rings. The molecule has 0 aromatic heterocycles. The summed E-state index contributed by atoms with van der Waals surface area (Å²) in [5, 5.41) is 9.02. The Morgan fingerprint density at radius 2 is 1.57 bits per heavy atom. The molecule has 0 heterocycles. The van der Waals surface area contributed by atoms with E-state index in [9.17, 15) is 9.59 Å². The fourth-order valence-corrected chi connectivity index (χ4v) is 2.16. The molecule has 5 nitrogen and oxygen atoms in total. The number of carboxylic acid groups (broad SMARTS) is 1. The van der Waals surface area contributed by atoms with Crippen molar-refractivity contribution in [2.24, 2.45) is 0 Å². The zero-order chi connectivity index (χ0) is 16.4. The molecule has 21 heavy (non-hydrogen) atoms. The topological polar surface area (TPSA) is 60.9 Å². The lowest BCUT2D eigenvalue weighted by atomic mass is 10.1. The van der Waals surface area contributed by atoms with E-state index >= 15 is 0 Å². The second-order valence-corrected chi connectivity index (χ2v) is 6.34. The quantitative estimate of drug-likeness (QED) is 0.931. The Labute approximate surface area is 126 Å². The highest BCUT2D eigenvalue weighted by molar-refractivity contribution is 5.93. The van der Waals surface area contributed by atoms with Gasteiger partial charge in [-0.15, -0.1) is 0 Å². The summed E-state index contributed by atoms with van der Waals surface area (Å²) in [6.07, 6.45) is 0. The molecule has 0 spiro atoms. The molecule has 1 aromatic rings. The Hall–Kier alpha value is -2.04. The minimum absolute atomic E-state index is 0.322. The van der Waals surface area contributed by atoms with Gasteiger partial charge in [0.05, 0.1) is 0 Å². The van der Waals surface area contributed by atoms with Crippen molar-refractivity contribution in [1.82, 2.24) is 4.90 Å². The van der Waals surface area contributed by atoms with Crippen LogP contribution in [0.3, 0.4) is 0 Å². The van der Waals surface area contributed by atoms with Gasteiger partial charge in [-0.25, -0.2) is 4.79 Å². The molecule has 0 atom stereocenters. The van der Waals surface area contributed by atoms with Crippen LogP contribution in [0.25, 0.3) is 0 Å². The summed E-state index contributed by atoms with van der Waals surface area (Å²) >= 11 is 0. The van der Waals surface area contributed by atoms with Gasteiger partial charge in [0.25, 0.3) is 0 Å². The highest BCUT2D eigenvalue weighted by Gasteiger charge is 2.31. The van der Waals surface area contributed by atoms with E-state index in [1.165, 1.54) is 9.80 Å². The lowest BCUT2D eigenvalue weighted by Crippen LogP contribution is -2.53. The number of anilines is 1. The van der Waals surface area contributed by atoms with Gasteiger partial charge in [0.2, 0.25) is 0 Å². The predicted molar refractivity (Wildman–Crippen MR) is 83.8 cm³/mol. The van der Waals surface area contributed by atoms with Gasteiger partial charge in [-0.3, -0.25) is 9.69 Å². The normalized spacial score (nSPS) is 11.1. The Morgan fingerprint density at radius 1 is 1.10 bits per heavy atom. The molecule has 0 aliphatic heterocycles. The number of hydrogen-bond donors (Lipinski definition) is 1. The van der Waals surface area contributed by atoms with E-state index in [1.807, 2.05) is 52.8 Å². The highest BCUT2D eigenvalue weighted by atomic mass is 16.4. The number of benzene rings is 1. The predicted octanol–water partition coefficient (Wildman–Crippen LogP) is 3.04. The van der Waals surface area contributed by atoms with Crippen molar-refractivity contribution < 1.29 is 14.7 Å². The van der Waals surface area contributed by atoms with Crippen LogP contribution in [0.5, 0.6) is 0 Å². The molecule has 1 N–H and O–H groups in total. The van der Waals surface area contributed by atoms with E-state index in [-0.39, 0.29) is 12.6 Å². The van der Waals surface area contributed by atoms with Crippen LogP contribution in [0.2, 0.25) is 0 Å². The fraction of sp³-hybridized carbons (Fsp3) is 0.500. The minimum Gasteiger partial charge on any atom is -0.480 e. The van der Waals surface area contributed by atoms with Gasteiger partial charge in [-0.1, -0.05) is 6.07 Å². The molecule has 0 saturated carbocycles. The number of hydrogen-bond acceptors (Lipinski definition) is 2. The molecule has 0 saturated heterocycles. The summed E-state index contributed by atoms with van der Waals surface area (Å²) in [4.78, 5) is 26.5. The molecule has 0 aliphatic carbocycles. The van der Waals surface area contributed by atoms with Gasteiger partial charge in [0, 0.05) is 18.3 Å². The first-order chi connectivity index (χ1) is 9.52. The van der Waals surface area contributed by atoms with Crippen LogP contribution in [-0.2, 0) is 4.79 Å². The Balaban J connectivity index is 3.10. The van der Waals surface area contributed by atoms with Crippen LogP contribution in [0, 0.1) is 13.8 Å². The zero-order valence-corrected chi connectivity index (χ0v) is 13.6. The van der Waals surface area contributed by atoms with E-state index in [4.69, 9.17) is 5.11 Å². The second kappa shape index (κ2) is 6.16. The first-order valence-corrected chi connectivity index (χ1v) is 6.88. The number of carbonyl (C=O) groups is 2. The molecule has 0 radical (unpaired) electrons. The maximum Gasteiger partial charge on any atom is 0.325 e. The van der Waals surface area contributed by atoms with Crippen molar-refractivity contribution in [1.29, 1.82) is 0 Å². The number of rotatable bonds is 3. The molecule has 0 unspecified atom stereocenters. The lowest BCUT2D eigenvalue weighted by Gasteiger charge is -2.37. The molecule has 1 aromatic carbocycles. The maximum absolute atomic E-state index is 12.6. The summed E-state index contributed by atoms with van der Waals surface area (Å²) in [6, 6.07) is 5.52. The average Bonchev–Trinajstić information content (AvgIpc) is 2.31. The first kappa shape index (κ1) is 17.0. The molecule has 1 rings (SSSR count). The van der Waals surface area contributed by atoms with Gasteiger partial charge in [-0.05, 0) is 57.9 Å². The number of nitrogens with zero attached hydrogens (tertiary/aromatic N) is 2. The van der Waals surface area contributed by atoms with Crippen molar-refractivity contribution in [2.75, 3.05) is 18.5 Å². The number of carbonyl (C=O) groups excluding carboxylic acids is 1. The number of amides is 2. The van der Waals surface area contributed by atoms with Crippen LogP contribution in [-0.4, -0.2) is 41.1 Å². The SMILES string of the molecule is Cc1cc(C)cc(N(C)C(=O)N(CC(=O)O)C(C)(C)C)c1. The number of aryl methyl sites for hydroxylation is 2. The maximum atomic E-state index is 12.6. The molecule has 5 heteroatoms. The lowest BCUT2D eigenvalue weighted by molar-refractivity contribution is -0.138. The van der Waals surface area contributed by atoms with Gasteiger partial charge in [-0.2, -0.15) is 0 Å². The fourth-order valence-electron chi connectivity index (χ4n) is 2.16. The zero-order valence-electron chi connectivity index (χ0n) is 13.6. The van der Waals surface area contributed by atoms with E-state index < -0.39 is 11.5 Å². The van der Waals surface area contributed by atoms with Crippen LogP contribution in [0.15, 0.2) is 18.2 Å². The molecule has 116 valence electrons. The molecule has 2 amide bonds. The third-order valence-corrected chi connectivity index (χ3v) is 3.21. The van der Waals surface area contributed by atoms with E-state index in [0.29, 0.717) is 0 Å². The molecule has 0 fully saturated rings. The van der Waals surface area contributed by atoms with Gasteiger partial charge >= 0.3 is 12.0 Å². The van der Waals surface area contributed by atoms with E-state index in [0.717, 1.165) is 16.8 Å². The smallest absolute Gasteiger partial charge is 0.325 e. The van der Waals surface area contributed by atoms with Crippen molar-refractivity contribution in [2.45, 2.75) is 40.2 Å². The molecular formula is C16H24N2O3. The molecule has 0 bridgehead atoms. The Morgan fingerprint density at radius 3 is 1.95 bits per heavy atom. The monoisotopic (exact) mass is 292 g/mol. The van der Waals surface area contributed by atoms with Crippen molar-refractivity contribution in [3.05, 3.63) is 29.3 Å². The van der Waals surface area contributed by atoms with Gasteiger partial charge < -0.3 is 10.0 Å². The van der Waals surface area contributed by atoms with Crippen LogP contribution < -0.4 is 4.90 Å². The van der Waals surface area contributed by atoms with Gasteiger partial charge in [0.15, 0.2) is 0 Å². The number of urea groups is 1. The van der Waals surface area contributed by atoms with Crippen LogP contribution in [0.1, 0.15) is 31.9 Å². The van der Waals surface area contributed by atoms with Crippen LogP contribution >= 0.6 is 0 Å². The standard InChI is InChI=1S/C16H24N2O3/c1-11-7-12(2)9-13(8-11)17(6)15(21)18(10-14(19)20)16(3,4)5/h7-9H,10H2,1-6H3,(H,19,20). The third-order valence-electron chi connectivity index (χ3n) is 3.21. The van der Waals surface area contributed by atoms with Crippen molar-refractivity contribution in [3.8, 4) is 0 Å². The van der Waals surface area contributed by atoms with Gasteiger partial charge in [0.1, 0.15) is 6.54 Å². The third kappa shape index (κ3) is 4.48. The summed E-state index contributed by atoms with van der Waals surface area (Å²) in [7, 11) is 1.66. The molecular weight excluding hydrogens is 268 g/mol. The van der Waals surface area contributed by atoms with Crippen molar-refractivity contribution >= 4 is 17.7 Å². The summed E-state index contributed by atoms with van der Waals surface area (Å²) < 4.78 is 0. The van der Waals surface area contributed by atoms with E-state index in [1.54, 1.807) is 7.05 Å². The van der Waals surface area contributed by atoms with Crippen molar-refractivity contribution in [3.63, 3.8) is 0 Å². The first-order valence-electron chi connectivity index (χ1n) is 6.88. The van der Waals surface area contributed by atoms with Crippen LogP contribution in [0.4, 0.5) is 10.5 Å². The average molecular weight is 292 g/mol. The largest absolute Gasteiger partial charge is 0.480 e. The summed E-state index contributed by atoms with van der Waals surface area (Å²) in [5.41, 5.74) is 2.32. The highest BCUT2D eigenvalue weighted by Crippen LogP contribution is 2.22. The summed E-state index contributed by atoms with van der Waals surface area (Å²) in [6.45, 7) is 9.08. The minimum atomic E-state index is -1.02. The number of aliphatic carboxylic acids is 1. The summed E-state index contributed by atoms with van der Waals surface area (Å²) in [5.74, 6) is -1.02. The second-order valence-electron chi connectivity index (χ2n) is 6.34. The van der Waals surface area contributed by atoms with E-state index in [2.05, 4.69) is 0 Å². The number of carboxylic acids is 1. The Kier molecular flexibility index (Phi) is 4.99.